The van der Waals surface area contributed by atoms with E-state index in [-0.39, 0.29) is 23.5 Å². The minimum atomic E-state index is -0.616. The number of hydrogen-bond acceptors (Lipinski definition) is 5. The molecule has 3 N–H and O–H groups in total. The molecule has 2 aromatic rings. The Bertz CT molecular complexity index is 700. The fraction of sp³-hybridized carbons (Fsp3) is 0.143. The third-order valence-corrected chi connectivity index (χ3v) is 3.06. The lowest BCUT2D eigenvalue weighted by Crippen LogP contribution is -2.25. The summed E-state index contributed by atoms with van der Waals surface area (Å²) in [6, 6.07) is 7.82. The number of pyridine rings is 1. The molecule has 0 aliphatic carbocycles. The molecule has 1 heterocycles. The van der Waals surface area contributed by atoms with Gasteiger partial charge in [-0.15, -0.1) is 0 Å². The molecule has 0 saturated heterocycles. The van der Waals surface area contributed by atoms with Crippen molar-refractivity contribution in [2.75, 3.05) is 5.73 Å². The number of nitrogens with one attached hydrogen (secondary N) is 1. The van der Waals surface area contributed by atoms with Gasteiger partial charge >= 0.3 is 0 Å². The average molecular weight is 286 g/mol. The van der Waals surface area contributed by atoms with E-state index in [9.17, 15) is 14.9 Å². The molecular weight excluding hydrogens is 272 g/mol. The van der Waals surface area contributed by atoms with E-state index in [0.29, 0.717) is 0 Å². The second kappa shape index (κ2) is 6.00. The van der Waals surface area contributed by atoms with Crippen LogP contribution in [0.15, 0.2) is 36.5 Å². The third kappa shape index (κ3) is 3.14. The maximum absolute atomic E-state index is 12.1. The summed E-state index contributed by atoms with van der Waals surface area (Å²) < 4.78 is 0. The number of amides is 1. The van der Waals surface area contributed by atoms with Crippen molar-refractivity contribution in [3.8, 4) is 0 Å². The molecule has 0 aliphatic heterocycles. The first-order valence-electron chi connectivity index (χ1n) is 6.22. The molecule has 1 aromatic carbocycles. The molecule has 7 nitrogen and oxygen atoms in total. The molecule has 0 aliphatic rings. The predicted octanol–water partition coefficient (Wildman–Crippen LogP) is 1.81. The maximum Gasteiger partial charge on any atom is 0.292 e. The van der Waals surface area contributed by atoms with E-state index in [4.69, 9.17) is 5.73 Å². The van der Waals surface area contributed by atoms with Gasteiger partial charge in [0.15, 0.2) is 0 Å². The van der Waals surface area contributed by atoms with Gasteiger partial charge in [-0.1, -0.05) is 12.1 Å². The number of anilines is 1. The number of benzene rings is 1. The highest BCUT2D eigenvalue weighted by Crippen LogP contribution is 2.24. The van der Waals surface area contributed by atoms with Gasteiger partial charge in [-0.2, -0.15) is 0 Å². The molecular formula is C14H14N4O3. The summed E-state index contributed by atoms with van der Waals surface area (Å²) in [5.74, 6) is -0.471. The van der Waals surface area contributed by atoms with Crippen LogP contribution in [-0.2, 0) is 6.54 Å². The molecule has 108 valence electrons. The highest BCUT2D eigenvalue weighted by Gasteiger charge is 2.18. The molecule has 0 fully saturated rings. The molecule has 0 bridgehead atoms. The number of nitro groups is 1. The Morgan fingerprint density at radius 3 is 2.81 bits per heavy atom. The zero-order valence-corrected chi connectivity index (χ0v) is 11.4. The Hall–Kier alpha value is -2.96. The quantitative estimate of drug-likeness (QED) is 0.506. The number of aromatic nitrogens is 1. The van der Waals surface area contributed by atoms with Crippen molar-refractivity contribution in [2.24, 2.45) is 0 Å². The fourth-order valence-corrected chi connectivity index (χ4v) is 1.87. The van der Waals surface area contributed by atoms with Crippen molar-refractivity contribution in [1.29, 1.82) is 0 Å². The van der Waals surface area contributed by atoms with Crippen LogP contribution < -0.4 is 11.1 Å². The van der Waals surface area contributed by atoms with E-state index < -0.39 is 10.8 Å². The fourth-order valence-electron chi connectivity index (χ4n) is 1.87. The number of nitro benzene ring substituents is 1. The number of para-hydroxylation sites is 1. The number of nitrogen functional groups attached to an aromatic ring is 1. The largest absolute Gasteiger partial charge is 0.393 e. The van der Waals surface area contributed by atoms with Gasteiger partial charge in [0.2, 0.25) is 0 Å². The van der Waals surface area contributed by atoms with Crippen LogP contribution >= 0.6 is 0 Å². The van der Waals surface area contributed by atoms with Gasteiger partial charge in [0, 0.05) is 12.3 Å². The monoisotopic (exact) mass is 286 g/mol. The highest BCUT2D eigenvalue weighted by atomic mass is 16.6. The first-order valence-corrected chi connectivity index (χ1v) is 6.22. The van der Waals surface area contributed by atoms with Gasteiger partial charge in [-0.05, 0) is 24.6 Å². The van der Waals surface area contributed by atoms with Crippen molar-refractivity contribution >= 4 is 17.3 Å². The zero-order valence-electron chi connectivity index (χ0n) is 11.4. The number of nitrogens with zero attached hydrogens (tertiary/aromatic N) is 2. The van der Waals surface area contributed by atoms with E-state index in [0.717, 1.165) is 11.3 Å². The van der Waals surface area contributed by atoms with Crippen molar-refractivity contribution in [1.82, 2.24) is 10.3 Å². The molecule has 1 aromatic heterocycles. The molecule has 0 unspecified atom stereocenters. The summed E-state index contributed by atoms with van der Waals surface area (Å²) in [7, 11) is 0. The van der Waals surface area contributed by atoms with Crippen molar-refractivity contribution in [3.63, 3.8) is 0 Å². The van der Waals surface area contributed by atoms with Gasteiger partial charge in [-0.25, -0.2) is 0 Å². The minimum Gasteiger partial charge on any atom is -0.393 e. The number of carbonyl (C=O) groups excluding carboxylic acids is 1. The van der Waals surface area contributed by atoms with Crippen LogP contribution in [0.1, 0.15) is 21.6 Å². The zero-order chi connectivity index (χ0) is 15.4. The van der Waals surface area contributed by atoms with E-state index in [1.54, 1.807) is 12.3 Å². The SMILES string of the molecule is Cc1cccnc1CNC(=O)c1cccc([N+](=O)[O-])c1N. The molecule has 0 saturated carbocycles. The minimum absolute atomic E-state index is 0.0813. The number of rotatable bonds is 4. The Morgan fingerprint density at radius 2 is 2.14 bits per heavy atom. The predicted molar refractivity (Wildman–Crippen MR) is 77.7 cm³/mol. The number of aryl methyl sites for hydroxylation is 1. The normalized spacial score (nSPS) is 10.1. The highest BCUT2D eigenvalue weighted by molar-refractivity contribution is 6.00. The van der Waals surface area contributed by atoms with Crippen LogP contribution in [0, 0.1) is 17.0 Å². The number of nitrogens with two attached hydrogens (primary N) is 1. The molecule has 2 rings (SSSR count). The lowest BCUT2D eigenvalue weighted by molar-refractivity contribution is -0.383. The van der Waals surface area contributed by atoms with Crippen LogP contribution in [0.2, 0.25) is 0 Å². The summed E-state index contributed by atoms with van der Waals surface area (Å²) in [5, 5.41) is 13.5. The van der Waals surface area contributed by atoms with Gasteiger partial charge < -0.3 is 11.1 Å². The van der Waals surface area contributed by atoms with Crippen LogP contribution in [0.4, 0.5) is 11.4 Å². The summed E-state index contributed by atoms with van der Waals surface area (Å²) in [6.07, 6.45) is 1.64. The second-order valence-electron chi connectivity index (χ2n) is 4.45. The second-order valence-corrected chi connectivity index (χ2v) is 4.45. The van der Waals surface area contributed by atoms with Gasteiger partial charge in [0.05, 0.1) is 22.7 Å². The Labute approximate surface area is 121 Å². The van der Waals surface area contributed by atoms with Crippen LogP contribution in [0.25, 0.3) is 0 Å². The maximum atomic E-state index is 12.1. The molecule has 0 atom stereocenters. The van der Waals surface area contributed by atoms with Crippen molar-refractivity contribution in [2.45, 2.75) is 13.5 Å². The van der Waals surface area contributed by atoms with Crippen LogP contribution in [-0.4, -0.2) is 15.8 Å². The third-order valence-electron chi connectivity index (χ3n) is 3.06. The standard InChI is InChI=1S/C14H14N4O3/c1-9-4-3-7-16-11(9)8-17-14(19)10-5-2-6-12(13(10)15)18(20)21/h2-7H,8,15H2,1H3,(H,17,19). The van der Waals surface area contributed by atoms with Gasteiger partial charge in [0.25, 0.3) is 11.6 Å². The topological polar surface area (TPSA) is 111 Å². The molecule has 0 radical (unpaired) electrons. The average Bonchev–Trinajstić information content (AvgIpc) is 2.46. The molecule has 7 heteroatoms. The summed E-state index contributed by atoms with van der Waals surface area (Å²) in [6.45, 7) is 2.11. The Morgan fingerprint density at radius 1 is 1.38 bits per heavy atom. The smallest absolute Gasteiger partial charge is 0.292 e. The first kappa shape index (κ1) is 14.4. The van der Waals surface area contributed by atoms with E-state index in [2.05, 4.69) is 10.3 Å². The Kier molecular flexibility index (Phi) is 4.13. The number of carbonyl (C=O) groups is 1. The lowest BCUT2D eigenvalue weighted by atomic mass is 10.1. The van der Waals surface area contributed by atoms with Crippen LogP contribution in [0.5, 0.6) is 0 Å². The van der Waals surface area contributed by atoms with E-state index >= 15 is 0 Å². The van der Waals surface area contributed by atoms with Crippen molar-refractivity contribution < 1.29 is 9.72 Å². The number of hydrogen-bond donors (Lipinski definition) is 2. The molecule has 21 heavy (non-hydrogen) atoms. The van der Waals surface area contributed by atoms with E-state index in [1.807, 2.05) is 13.0 Å². The first-order chi connectivity index (χ1) is 10.0. The van der Waals surface area contributed by atoms with Crippen LogP contribution in [0.3, 0.4) is 0 Å². The lowest BCUT2D eigenvalue weighted by Gasteiger charge is -2.08. The van der Waals surface area contributed by atoms with Crippen molar-refractivity contribution in [3.05, 3.63) is 63.5 Å². The summed E-state index contributed by atoms with van der Waals surface area (Å²) >= 11 is 0. The summed E-state index contributed by atoms with van der Waals surface area (Å²) in [5.41, 5.74) is 7.01. The summed E-state index contributed by atoms with van der Waals surface area (Å²) in [4.78, 5) is 26.4. The molecule has 0 spiro atoms. The molecule has 1 amide bonds. The van der Waals surface area contributed by atoms with Gasteiger partial charge in [-0.3, -0.25) is 19.9 Å². The van der Waals surface area contributed by atoms with Gasteiger partial charge in [0.1, 0.15) is 5.69 Å². The Balaban J connectivity index is 2.16. The van der Waals surface area contributed by atoms with E-state index in [1.165, 1.54) is 18.2 Å².